The molecule has 3 rings (SSSR count). The number of nitrogens with two attached hydrogens (primary N) is 1. The van der Waals surface area contributed by atoms with E-state index in [-0.39, 0.29) is 22.3 Å². The molecule has 6 nitrogen and oxygen atoms in total. The van der Waals surface area contributed by atoms with Gasteiger partial charge in [-0.05, 0) is 17.7 Å². The molecule has 3 heterocycles. The Labute approximate surface area is 143 Å². The Hall–Kier alpha value is -1.38. The van der Waals surface area contributed by atoms with Gasteiger partial charge in [-0.3, -0.25) is 4.79 Å². The van der Waals surface area contributed by atoms with Crippen LogP contribution in [-0.2, 0) is 4.79 Å². The summed E-state index contributed by atoms with van der Waals surface area (Å²) >= 11 is 2.70. The van der Waals surface area contributed by atoms with Crippen LogP contribution in [0.4, 0.5) is 0 Å². The van der Waals surface area contributed by atoms with Gasteiger partial charge < -0.3 is 20.2 Å². The summed E-state index contributed by atoms with van der Waals surface area (Å²) in [6.45, 7) is 4.56. The van der Waals surface area contributed by atoms with Crippen LogP contribution in [0.1, 0.15) is 24.4 Å². The molecule has 3 N–H and O–H groups in total. The summed E-state index contributed by atoms with van der Waals surface area (Å²) in [6.07, 6.45) is 1.44. The fourth-order valence-corrected chi connectivity index (χ4v) is 4.65. The number of aliphatic carboxylic acids is 1. The molecule has 2 aliphatic rings. The van der Waals surface area contributed by atoms with E-state index in [1.54, 1.807) is 23.9 Å². The predicted octanol–water partition coefficient (Wildman–Crippen LogP) is 2.23. The smallest absolute Gasteiger partial charge is 0.352 e. The summed E-state index contributed by atoms with van der Waals surface area (Å²) in [7, 11) is 0. The average molecular weight is 356 g/mol. The van der Waals surface area contributed by atoms with Crippen LogP contribution in [0.2, 0.25) is 0 Å². The predicted molar refractivity (Wildman–Crippen MR) is 92.4 cm³/mol. The molecular weight excluding hydrogens is 336 g/mol. The summed E-state index contributed by atoms with van der Waals surface area (Å²) < 4.78 is 5.04. The van der Waals surface area contributed by atoms with Crippen molar-refractivity contribution in [2.24, 2.45) is 5.73 Å². The summed E-state index contributed by atoms with van der Waals surface area (Å²) in [6, 6.07) is 3.27. The third kappa shape index (κ3) is 3.76. The van der Waals surface area contributed by atoms with E-state index >= 15 is 0 Å². The normalized spacial score (nSPS) is 22.7. The maximum absolute atomic E-state index is 11.9. The van der Waals surface area contributed by atoms with Crippen LogP contribution in [0, 0.1) is 0 Å². The zero-order chi connectivity index (χ0) is 17.0. The molecule has 0 spiro atoms. The van der Waals surface area contributed by atoms with Crippen molar-refractivity contribution in [3.63, 3.8) is 0 Å². The minimum atomic E-state index is -0.951. The number of furan rings is 1. The number of hydrogen-bond donors (Lipinski definition) is 2. The van der Waals surface area contributed by atoms with Gasteiger partial charge in [0.15, 0.2) is 5.76 Å². The molecule has 2 unspecified atom stereocenters. The Balaban J connectivity index is 0.000000924. The van der Waals surface area contributed by atoms with Gasteiger partial charge in [-0.25, -0.2) is 4.79 Å². The molecule has 23 heavy (non-hydrogen) atoms. The van der Waals surface area contributed by atoms with Gasteiger partial charge in [-0.1, -0.05) is 25.6 Å². The molecule has 0 radical (unpaired) electrons. The van der Waals surface area contributed by atoms with Crippen LogP contribution in [0.25, 0.3) is 0 Å². The summed E-state index contributed by atoms with van der Waals surface area (Å²) in [5, 5.41) is 9.26. The molecule has 2 aliphatic heterocycles. The second kappa shape index (κ2) is 7.94. The van der Waals surface area contributed by atoms with Gasteiger partial charge in [-0.2, -0.15) is 0 Å². The van der Waals surface area contributed by atoms with Gasteiger partial charge >= 0.3 is 5.97 Å². The fraction of sp³-hybridized carbons (Fsp3) is 0.467. The highest BCUT2D eigenvalue weighted by Gasteiger charge is 2.44. The van der Waals surface area contributed by atoms with E-state index < -0.39 is 5.97 Å². The van der Waals surface area contributed by atoms with E-state index in [0.717, 1.165) is 17.3 Å². The van der Waals surface area contributed by atoms with Gasteiger partial charge in [0.25, 0.3) is 5.12 Å². The van der Waals surface area contributed by atoms with Gasteiger partial charge in [0.2, 0.25) is 0 Å². The lowest BCUT2D eigenvalue weighted by Gasteiger charge is -2.50. The van der Waals surface area contributed by atoms with E-state index in [0.29, 0.717) is 23.7 Å². The van der Waals surface area contributed by atoms with Crippen LogP contribution in [0.3, 0.4) is 0 Å². The summed E-state index contributed by atoms with van der Waals surface area (Å²) in [4.78, 5) is 25.2. The molecule has 0 aliphatic carbocycles. The highest BCUT2D eigenvalue weighted by Crippen LogP contribution is 2.39. The third-order valence-corrected chi connectivity index (χ3v) is 5.85. The van der Waals surface area contributed by atoms with Gasteiger partial charge in [0, 0.05) is 18.1 Å². The maximum Gasteiger partial charge on any atom is 0.352 e. The summed E-state index contributed by atoms with van der Waals surface area (Å²) in [5.41, 5.74) is 6.95. The number of hydrogen-bond acceptors (Lipinski definition) is 7. The van der Waals surface area contributed by atoms with Gasteiger partial charge in [0.05, 0.1) is 17.7 Å². The number of carbonyl (C=O) groups is 2. The molecule has 126 valence electrons. The second-order valence-electron chi connectivity index (χ2n) is 4.83. The Kier molecular flexibility index (Phi) is 6.20. The Morgan fingerprint density at radius 2 is 2.26 bits per heavy atom. The van der Waals surface area contributed by atoms with Crippen molar-refractivity contribution in [3.05, 3.63) is 35.4 Å². The number of carbonyl (C=O) groups excluding carboxylic acids is 1. The van der Waals surface area contributed by atoms with Crippen molar-refractivity contribution in [2.45, 2.75) is 25.3 Å². The first kappa shape index (κ1) is 18.0. The van der Waals surface area contributed by atoms with E-state index in [1.807, 2.05) is 18.7 Å². The SMILES string of the molecule is CC.NC1CN2C(C(=O)O)=C(CSC(=O)c3ccco3)CSC12. The molecule has 2 atom stereocenters. The molecule has 0 amide bonds. The Morgan fingerprint density at radius 1 is 1.52 bits per heavy atom. The van der Waals surface area contributed by atoms with Crippen LogP contribution in [0.15, 0.2) is 34.1 Å². The molecule has 0 aromatic carbocycles. The number of fused-ring (bicyclic) bond motifs is 1. The molecule has 1 aromatic heterocycles. The number of thioether (sulfide) groups is 2. The van der Waals surface area contributed by atoms with Gasteiger partial charge in [-0.15, -0.1) is 11.8 Å². The van der Waals surface area contributed by atoms with E-state index in [4.69, 9.17) is 10.2 Å². The molecule has 0 bridgehead atoms. The Morgan fingerprint density at radius 3 is 2.83 bits per heavy atom. The van der Waals surface area contributed by atoms with Crippen molar-refractivity contribution in [1.29, 1.82) is 0 Å². The van der Waals surface area contributed by atoms with Crippen molar-refractivity contribution < 1.29 is 19.1 Å². The monoisotopic (exact) mass is 356 g/mol. The second-order valence-corrected chi connectivity index (χ2v) is 6.88. The van der Waals surface area contributed by atoms with Crippen LogP contribution in [-0.4, -0.2) is 50.6 Å². The standard InChI is InChI=1S/C13H14N2O4S2.C2H6/c14-8-4-15-10(12(16)17)7(5-20-11(8)15)6-21-13(18)9-2-1-3-19-9;1-2/h1-3,8,11H,4-6,14H2,(H,16,17);1-2H3. The Bertz CT molecular complexity index is 601. The first-order valence-electron chi connectivity index (χ1n) is 7.37. The molecule has 1 fully saturated rings. The first-order valence-corrected chi connectivity index (χ1v) is 9.41. The van der Waals surface area contributed by atoms with Crippen LogP contribution in [0.5, 0.6) is 0 Å². The lowest BCUT2D eigenvalue weighted by Crippen LogP contribution is -2.64. The molecular formula is C15H20N2O4S2. The highest BCUT2D eigenvalue weighted by atomic mass is 32.2. The first-order chi connectivity index (χ1) is 11.1. The zero-order valence-electron chi connectivity index (χ0n) is 13.0. The van der Waals surface area contributed by atoms with Crippen molar-refractivity contribution in [2.75, 3.05) is 18.1 Å². The van der Waals surface area contributed by atoms with E-state index in [2.05, 4.69) is 0 Å². The number of nitrogens with zero attached hydrogens (tertiary/aromatic N) is 1. The van der Waals surface area contributed by atoms with Crippen LogP contribution < -0.4 is 5.73 Å². The summed E-state index contributed by atoms with van der Waals surface area (Å²) in [5.74, 6) is 0.278. The van der Waals surface area contributed by atoms with E-state index in [9.17, 15) is 14.7 Å². The fourth-order valence-electron chi connectivity index (χ4n) is 2.41. The minimum Gasteiger partial charge on any atom is -0.477 e. The topological polar surface area (TPSA) is 96.8 Å². The highest BCUT2D eigenvalue weighted by molar-refractivity contribution is 8.14. The lowest BCUT2D eigenvalue weighted by atomic mass is 10.1. The van der Waals surface area contributed by atoms with Gasteiger partial charge in [0.1, 0.15) is 5.70 Å². The number of carboxylic acids is 1. The number of rotatable bonds is 4. The quantitative estimate of drug-likeness (QED) is 0.848. The van der Waals surface area contributed by atoms with Crippen LogP contribution >= 0.6 is 23.5 Å². The maximum atomic E-state index is 11.9. The van der Waals surface area contributed by atoms with Crippen molar-refractivity contribution >= 4 is 34.6 Å². The molecule has 1 aromatic rings. The third-order valence-electron chi connectivity index (χ3n) is 3.43. The lowest BCUT2D eigenvalue weighted by molar-refractivity contribution is -0.135. The molecule has 0 saturated carbocycles. The van der Waals surface area contributed by atoms with Crippen molar-refractivity contribution in [3.8, 4) is 0 Å². The van der Waals surface area contributed by atoms with E-state index in [1.165, 1.54) is 6.26 Å². The number of carboxylic acid groups (broad SMARTS) is 1. The largest absolute Gasteiger partial charge is 0.477 e. The minimum absolute atomic E-state index is 0.0169. The average Bonchev–Trinajstić information content (AvgIpc) is 3.07. The molecule has 1 saturated heterocycles. The molecule has 8 heteroatoms. The zero-order valence-corrected chi connectivity index (χ0v) is 14.7. The van der Waals surface area contributed by atoms with Crippen molar-refractivity contribution in [1.82, 2.24) is 4.90 Å².